The largest absolute Gasteiger partial charge is 0.493 e. The topological polar surface area (TPSA) is 99.7 Å². The molecule has 8 nitrogen and oxygen atoms in total. The Morgan fingerprint density at radius 2 is 1.97 bits per heavy atom. The Balaban J connectivity index is 1.65. The van der Waals surface area contributed by atoms with Crippen LogP contribution in [0.5, 0.6) is 17.2 Å². The number of para-hydroxylation sites is 1. The first-order valence-electron chi connectivity index (χ1n) is 10.7. The van der Waals surface area contributed by atoms with Crippen LogP contribution in [-0.4, -0.2) is 46.7 Å². The van der Waals surface area contributed by atoms with Crippen molar-refractivity contribution in [3.63, 3.8) is 0 Å². The molecule has 8 heteroatoms. The van der Waals surface area contributed by atoms with Gasteiger partial charge < -0.3 is 20.1 Å². The summed E-state index contributed by atoms with van der Waals surface area (Å²) in [6.07, 6.45) is 4.65. The summed E-state index contributed by atoms with van der Waals surface area (Å²) < 4.78 is 13.2. The minimum Gasteiger partial charge on any atom is -0.493 e. The van der Waals surface area contributed by atoms with Crippen LogP contribution in [0.1, 0.15) is 29.2 Å². The Kier molecular flexibility index (Phi) is 6.44. The Labute approximate surface area is 192 Å². The Morgan fingerprint density at radius 3 is 2.67 bits per heavy atom. The van der Waals surface area contributed by atoms with Gasteiger partial charge >= 0.3 is 0 Å². The van der Waals surface area contributed by atoms with Crippen LogP contribution in [0.3, 0.4) is 0 Å². The maximum atomic E-state index is 12.2. The lowest BCUT2D eigenvalue weighted by Gasteiger charge is -2.32. The zero-order chi connectivity index (χ0) is 23.4. The number of hydrogen-bond donors (Lipinski definition) is 1. The zero-order valence-electron chi connectivity index (χ0n) is 18.4. The molecule has 2 aromatic carbocycles. The molecule has 0 saturated carbocycles. The number of methoxy groups -OCH3 is 1. The number of aromatic nitrogens is 2. The number of amides is 2. The van der Waals surface area contributed by atoms with Gasteiger partial charge in [0.15, 0.2) is 11.5 Å². The molecule has 1 aliphatic rings. The van der Waals surface area contributed by atoms with Gasteiger partial charge in [-0.15, -0.1) is 0 Å². The molecule has 33 heavy (non-hydrogen) atoms. The molecule has 0 aliphatic carbocycles. The van der Waals surface area contributed by atoms with Gasteiger partial charge in [-0.2, -0.15) is 5.10 Å². The first kappa shape index (κ1) is 22.1. The van der Waals surface area contributed by atoms with E-state index >= 15 is 0 Å². The highest BCUT2D eigenvalue weighted by Crippen LogP contribution is 2.36. The number of ether oxygens (including phenoxy) is 2. The maximum absolute atomic E-state index is 12.2. The number of carbonyl (C=O) groups is 2. The van der Waals surface area contributed by atoms with Crippen molar-refractivity contribution in [2.75, 3.05) is 20.2 Å². The Morgan fingerprint density at radius 1 is 1.18 bits per heavy atom. The van der Waals surface area contributed by atoms with Crippen molar-refractivity contribution in [2.24, 2.45) is 5.73 Å². The van der Waals surface area contributed by atoms with Crippen molar-refractivity contribution < 1.29 is 19.1 Å². The minimum absolute atomic E-state index is 0.0583. The van der Waals surface area contributed by atoms with E-state index in [4.69, 9.17) is 15.2 Å². The van der Waals surface area contributed by atoms with Gasteiger partial charge in [0.1, 0.15) is 11.4 Å². The van der Waals surface area contributed by atoms with E-state index in [-0.39, 0.29) is 11.9 Å². The van der Waals surface area contributed by atoms with Crippen LogP contribution in [0.2, 0.25) is 0 Å². The normalized spacial score (nSPS) is 15.7. The molecule has 0 radical (unpaired) electrons. The summed E-state index contributed by atoms with van der Waals surface area (Å²) in [5.41, 5.74) is 7.11. The molecule has 2 N–H and O–H groups in total. The van der Waals surface area contributed by atoms with Crippen molar-refractivity contribution in [1.82, 2.24) is 14.7 Å². The highest BCUT2D eigenvalue weighted by molar-refractivity contribution is 5.98. The summed E-state index contributed by atoms with van der Waals surface area (Å²) >= 11 is 0. The summed E-state index contributed by atoms with van der Waals surface area (Å²) in [5.74, 6) is 1.04. The molecule has 1 fully saturated rings. The van der Waals surface area contributed by atoms with Crippen molar-refractivity contribution >= 4 is 11.8 Å². The van der Waals surface area contributed by atoms with Gasteiger partial charge in [-0.1, -0.05) is 24.8 Å². The average Bonchev–Trinajstić information content (AvgIpc) is 3.30. The molecule has 4 rings (SSSR count). The number of carbonyl (C=O) groups excluding carboxylic acids is 2. The van der Waals surface area contributed by atoms with Gasteiger partial charge in [-0.05, 0) is 49.2 Å². The molecular formula is C25H26N4O4. The molecule has 0 spiro atoms. The van der Waals surface area contributed by atoms with Gasteiger partial charge in [-0.25, -0.2) is 0 Å². The fourth-order valence-corrected chi connectivity index (χ4v) is 3.99. The molecule has 1 saturated heterocycles. The summed E-state index contributed by atoms with van der Waals surface area (Å²) in [6.45, 7) is 4.74. The second kappa shape index (κ2) is 9.60. The molecule has 0 bridgehead atoms. The van der Waals surface area contributed by atoms with E-state index in [0.717, 1.165) is 12.8 Å². The van der Waals surface area contributed by atoms with Crippen LogP contribution >= 0.6 is 0 Å². The molecule has 2 amide bonds. The molecular weight excluding hydrogens is 420 g/mol. The second-order valence-electron chi connectivity index (χ2n) is 7.80. The minimum atomic E-state index is -0.574. The smallest absolute Gasteiger partial charge is 0.252 e. The van der Waals surface area contributed by atoms with Gasteiger partial charge in [0.25, 0.3) is 5.91 Å². The first-order valence-corrected chi connectivity index (χ1v) is 10.7. The van der Waals surface area contributed by atoms with Crippen LogP contribution in [0.15, 0.2) is 67.4 Å². The Hall–Kier alpha value is -4.07. The number of primary amides is 1. The summed E-state index contributed by atoms with van der Waals surface area (Å²) in [7, 11) is 1.55. The van der Waals surface area contributed by atoms with Gasteiger partial charge in [0.2, 0.25) is 5.91 Å². The van der Waals surface area contributed by atoms with Gasteiger partial charge in [0, 0.05) is 24.8 Å². The number of rotatable bonds is 7. The van der Waals surface area contributed by atoms with Crippen molar-refractivity contribution in [1.29, 1.82) is 0 Å². The second-order valence-corrected chi connectivity index (χ2v) is 7.80. The van der Waals surface area contributed by atoms with E-state index in [1.165, 1.54) is 6.08 Å². The number of piperidine rings is 1. The standard InChI is InChI=1S/C25H26N4O4/c1-3-23(30)28-13-7-8-18(15-28)29-16-20(25(26)31)24(27-29)17-11-12-21(22(14-17)32-2)33-19-9-5-4-6-10-19/h3-6,9-12,14,16,18H,1,7-8,13,15H2,2H3,(H2,26,31). The van der Waals surface area contributed by atoms with E-state index in [1.807, 2.05) is 36.4 Å². The predicted octanol–water partition coefficient (Wildman–Crippen LogP) is 3.80. The number of nitrogens with zero attached hydrogens (tertiary/aromatic N) is 3. The summed E-state index contributed by atoms with van der Waals surface area (Å²) in [6, 6.07) is 14.7. The van der Waals surface area contributed by atoms with E-state index in [1.54, 1.807) is 35.0 Å². The van der Waals surface area contributed by atoms with E-state index in [0.29, 0.717) is 47.2 Å². The first-order chi connectivity index (χ1) is 16.0. The SMILES string of the molecule is C=CC(=O)N1CCCC(n2cc(C(N)=O)c(-c3ccc(Oc4ccccc4)c(OC)c3)n2)C1. The summed E-state index contributed by atoms with van der Waals surface area (Å²) in [4.78, 5) is 26.0. The third-order valence-electron chi connectivity index (χ3n) is 5.66. The Bertz CT molecular complexity index is 1170. The highest BCUT2D eigenvalue weighted by Gasteiger charge is 2.26. The van der Waals surface area contributed by atoms with Crippen molar-refractivity contribution in [2.45, 2.75) is 18.9 Å². The van der Waals surface area contributed by atoms with E-state index < -0.39 is 5.91 Å². The molecule has 1 atom stereocenters. The lowest BCUT2D eigenvalue weighted by Crippen LogP contribution is -2.40. The van der Waals surface area contributed by atoms with Crippen molar-refractivity contribution in [3.05, 3.63) is 72.9 Å². The number of nitrogens with two attached hydrogens (primary N) is 1. The number of hydrogen-bond acceptors (Lipinski definition) is 5. The molecule has 3 aromatic rings. The third-order valence-corrected chi connectivity index (χ3v) is 5.66. The molecule has 2 heterocycles. The fraction of sp³-hybridized carbons (Fsp3) is 0.240. The van der Waals surface area contributed by atoms with Crippen LogP contribution in [0, 0.1) is 0 Å². The molecule has 1 aromatic heterocycles. The monoisotopic (exact) mass is 446 g/mol. The van der Waals surface area contributed by atoms with E-state index in [9.17, 15) is 9.59 Å². The lowest BCUT2D eigenvalue weighted by atomic mass is 10.1. The predicted molar refractivity (Wildman–Crippen MR) is 124 cm³/mol. The van der Waals surface area contributed by atoms with Crippen LogP contribution in [0.25, 0.3) is 11.3 Å². The molecule has 1 unspecified atom stereocenters. The zero-order valence-corrected chi connectivity index (χ0v) is 18.4. The number of likely N-dealkylation sites (tertiary alicyclic amines) is 1. The van der Waals surface area contributed by atoms with Crippen LogP contribution in [-0.2, 0) is 4.79 Å². The summed E-state index contributed by atoms with van der Waals surface area (Å²) in [5, 5.41) is 4.69. The lowest BCUT2D eigenvalue weighted by molar-refractivity contribution is -0.127. The van der Waals surface area contributed by atoms with Crippen LogP contribution in [0.4, 0.5) is 0 Å². The quantitative estimate of drug-likeness (QED) is 0.557. The highest BCUT2D eigenvalue weighted by atomic mass is 16.5. The fourth-order valence-electron chi connectivity index (χ4n) is 3.99. The van der Waals surface area contributed by atoms with Crippen molar-refractivity contribution in [3.8, 4) is 28.5 Å². The molecule has 170 valence electrons. The third kappa shape index (κ3) is 4.74. The van der Waals surface area contributed by atoms with Gasteiger partial charge in [0.05, 0.1) is 18.7 Å². The van der Waals surface area contributed by atoms with E-state index in [2.05, 4.69) is 11.7 Å². The molecule has 1 aliphatic heterocycles. The van der Waals surface area contributed by atoms with Crippen LogP contribution < -0.4 is 15.2 Å². The van der Waals surface area contributed by atoms with Gasteiger partial charge in [-0.3, -0.25) is 14.3 Å². The number of benzene rings is 2. The maximum Gasteiger partial charge on any atom is 0.252 e. The average molecular weight is 447 g/mol.